The molecule has 0 N–H and O–H groups in total. The Balaban J connectivity index is 1.47. The second kappa shape index (κ2) is 8.35. The van der Waals surface area contributed by atoms with Crippen molar-refractivity contribution >= 4 is 21.5 Å². The molecule has 0 saturated heterocycles. The third-order valence-electron chi connectivity index (χ3n) is 5.53. The average molecular weight is 370 g/mol. The van der Waals surface area contributed by atoms with Crippen molar-refractivity contribution in [2.75, 3.05) is 14.2 Å². The summed E-state index contributed by atoms with van der Waals surface area (Å²) in [5.74, 6) is 1.90. The molecule has 0 aliphatic rings. The molecule has 0 aromatic heterocycles. The fraction of sp³-hybridized carbons (Fsp3) is 0.231. The highest BCUT2D eigenvalue weighted by Gasteiger charge is 2.07. The summed E-state index contributed by atoms with van der Waals surface area (Å²) in [4.78, 5) is 0. The van der Waals surface area contributed by atoms with Crippen molar-refractivity contribution in [2.24, 2.45) is 0 Å². The van der Waals surface area contributed by atoms with E-state index < -0.39 is 0 Å². The van der Waals surface area contributed by atoms with Crippen molar-refractivity contribution in [1.29, 1.82) is 0 Å². The summed E-state index contributed by atoms with van der Waals surface area (Å²) in [6.45, 7) is 0. The maximum Gasteiger partial charge on any atom is 0.126 e. The molecule has 0 bridgehead atoms. The quantitative estimate of drug-likeness (QED) is 0.342. The van der Waals surface area contributed by atoms with Crippen LogP contribution in [0.25, 0.3) is 21.5 Å². The van der Waals surface area contributed by atoms with Crippen molar-refractivity contribution in [1.82, 2.24) is 0 Å². The zero-order valence-corrected chi connectivity index (χ0v) is 16.6. The van der Waals surface area contributed by atoms with Gasteiger partial charge < -0.3 is 9.47 Å². The fourth-order valence-corrected chi connectivity index (χ4v) is 4.12. The van der Waals surface area contributed by atoms with Crippen molar-refractivity contribution in [3.8, 4) is 11.5 Å². The van der Waals surface area contributed by atoms with Crippen LogP contribution < -0.4 is 9.47 Å². The number of aryl methyl sites for hydroxylation is 2. The maximum absolute atomic E-state index is 5.52. The standard InChI is InChI=1S/C26H26O2/c1-27-25-17-7-13-21-19(11-5-15-23(21)25)9-3-4-10-20-12-6-16-24-22(20)14-8-18-26(24)28-2/h5-8,11-18H,3-4,9-10H2,1-2H3. The lowest BCUT2D eigenvalue weighted by Crippen LogP contribution is -1.93. The molecule has 4 rings (SSSR count). The predicted molar refractivity (Wildman–Crippen MR) is 118 cm³/mol. The Morgan fingerprint density at radius 1 is 0.500 bits per heavy atom. The molecule has 0 spiro atoms. The molecule has 0 aliphatic heterocycles. The van der Waals surface area contributed by atoms with Gasteiger partial charge in [-0.15, -0.1) is 0 Å². The molecule has 142 valence electrons. The SMILES string of the molecule is COc1cccc2c(CCCCc3cccc4c(OC)cccc34)cccc12. The summed E-state index contributed by atoms with van der Waals surface area (Å²) in [5.41, 5.74) is 2.80. The lowest BCUT2D eigenvalue weighted by molar-refractivity contribution is 0.419. The van der Waals surface area contributed by atoms with Crippen LogP contribution in [-0.2, 0) is 12.8 Å². The molecule has 0 heterocycles. The molecule has 0 radical (unpaired) electrons. The molecular formula is C26H26O2. The van der Waals surface area contributed by atoms with Gasteiger partial charge >= 0.3 is 0 Å². The smallest absolute Gasteiger partial charge is 0.126 e. The van der Waals surface area contributed by atoms with E-state index >= 15 is 0 Å². The summed E-state index contributed by atoms with van der Waals surface area (Å²) in [7, 11) is 3.47. The second-order valence-electron chi connectivity index (χ2n) is 7.15. The molecule has 0 amide bonds. The zero-order valence-electron chi connectivity index (χ0n) is 16.6. The van der Waals surface area contributed by atoms with Crippen molar-refractivity contribution in [3.63, 3.8) is 0 Å². The molecule has 0 unspecified atom stereocenters. The van der Waals surface area contributed by atoms with Gasteiger partial charge in [-0.05, 0) is 59.7 Å². The number of fused-ring (bicyclic) bond motifs is 2. The van der Waals surface area contributed by atoms with E-state index in [-0.39, 0.29) is 0 Å². The highest BCUT2D eigenvalue weighted by molar-refractivity contribution is 5.91. The molecule has 0 atom stereocenters. The minimum absolute atomic E-state index is 0.948. The monoisotopic (exact) mass is 370 g/mol. The molecule has 0 fully saturated rings. The van der Waals surface area contributed by atoms with Gasteiger partial charge in [0.25, 0.3) is 0 Å². The topological polar surface area (TPSA) is 18.5 Å². The molecule has 4 aromatic carbocycles. The maximum atomic E-state index is 5.52. The van der Waals surface area contributed by atoms with Crippen LogP contribution in [0.3, 0.4) is 0 Å². The van der Waals surface area contributed by atoms with Gasteiger partial charge in [0.1, 0.15) is 11.5 Å². The fourth-order valence-electron chi connectivity index (χ4n) is 4.12. The van der Waals surface area contributed by atoms with Crippen molar-refractivity contribution in [3.05, 3.63) is 83.9 Å². The summed E-state index contributed by atoms with van der Waals surface area (Å²) >= 11 is 0. The first-order valence-corrected chi connectivity index (χ1v) is 9.91. The summed E-state index contributed by atoms with van der Waals surface area (Å²) < 4.78 is 11.0. The summed E-state index contributed by atoms with van der Waals surface area (Å²) in [5, 5.41) is 5.00. The minimum Gasteiger partial charge on any atom is -0.496 e. The minimum atomic E-state index is 0.948. The number of ether oxygens (including phenoxy) is 2. The highest BCUT2D eigenvalue weighted by Crippen LogP contribution is 2.30. The van der Waals surface area contributed by atoms with Gasteiger partial charge in [-0.1, -0.05) is 60.7 Å². The molecular weight excluding hydrogens is 344 g/mol. The van der Waals surface area contributed by atoms with Gasteiger partial charge in [-0.3, -0.25) is 0 Å². The number of rotatable bonds is 7. The Labute approximate surface area is 166 Å². The Kier molecular flexibility index (Phi) is 5.48. The molecule has 0 aliphatic carbocycles. The lowest BCUT2D eigenvalue weighted by atomic mass is 9.96. The second-order valence-corrected chi connectivity index (χ2v) is 7.15. The van der Waals surface area contributed by atoms with Gasteiger partial charge in [0, 0.05) is 10.8 Å². The van der Waals surface area contributed by atoms with E-state index in [0.717, 1.165) is 37.2 Å². The molecule has 2 heteroatoms. The van der Waals surface area contributed by atoms with Crippen LogP contribution in [0.15, 0.2) is 72.8 Å². The Morgan fingerprint density at radius 2 is 0.893 bits per heavy atom. The van der Waals surface area contributed by atoms with Gasteiger partial charge in [0.15, 0.2) is 0 Å². The molecule has 0 saturated carbocycles. The Bertz CT molecular complexity index is 1010. The van der Waals surface area contributed by atoms with Crippen LogP contribution in [-0.4, -0.2) is 14.2 Å². The van der Waals surface area contributed by atoms with E-state index in [0.29, 0.717) is 0 Å². The third kappa shape index (κ3) is 3.55. The van der Waals surface area contributed by atoms with E-state index in [1.165, 1.54) is 32.7 Å². The number of unbranched alkanes of at least 4 members (excludes halogenated alkanes) is 1. The number of benzene rings is 4. The van der Waals surface area contributed by atoms with Crippen LogP contribution in [0.1, 0.15) is 24.0 Å². The largest absolute Gasteiger partial charge is 0.496 e. The van der Waals surface area contributed by atoms with Gasteiger partial charge in [-0.2, -0.15) is 0 Å². The van der Waals surface area contributed by atoms with Crippen molar-refractivity contribution in [2.45, 2.75) is 25.7 Å². The highest BCUT2D eigenvalue weighted by atomic mass is 16.5. The van der Waals surface area contributed by atoms with Crippen LogP contribution in [0, 0.1) is 0 Å². The Hall–Kier alpha value is -3.00. The summed E-state index contributed by atoms with van der Waals surface area (Å²) in [6, 6.07) is 25.6. The zero-order chi connectivity index (χ0) is 19.3. The average Bonchev–Trinajstić information content (AvgIpc) is 2.76. The number of methoxy groups -OCH3 is 2. The van der Waals surface area contributed by atoms with E-state index in [2.05, 4.69) is 60.7 Å². The van der Waals surface area contributed by atoms with E-state index in [1.807, 2.05) is 12.1 Å². The van der Waals surface area contributed by atoms with E-state index in [9.17, 15) is 0 Å². The normalized spacial score (nSPS) is 11.1. The molecule has 4 aromatic rings. The van der Waals surface area contributed by atoms with E-state index in [4.69, 9.17) is 9.47 Å². The third-order valence-corrected chi connectivity index (χ3v) is 5.53. The predicted octanol–water partition coefficient (Wildman–Crippen LogP) is 6.58. The lowest BCUT2D eigenvalue weighted by Gasteiger charge is -2.11. The summed E-state index contributed by atoms with van der Waals surface area (Å²) in [6.07, 6.45) is 4.49. The number of hydrogen-bond acceptors (Lipinski definition) is 2. The van der Waals surface area contributed by atoms with Gasteiger partial charge in [0.2, 0.25) is 0 Å². The Morgan fingerprint density at radius 3 is 1.32 bits per heavy atom. The number of hydrogen-bond donors (Lipinski definition) is 0. The van der Waals surface area contributed by atoms with Crippen LogP contribution in [0.2, 0.25) is 0 Å². The first-order chi connectivity index (χ1) is 13.8. The van der Waals surface area contributed by atoms with Crippen molar-refractivity contribution < 1.29 is 9.47 Å². The molecule has 2 nitrogen and oxygen atoms in total. The van der Waals surface area contributed by atoms with Gasteiger partial charge in [0.05, 0.1) is 14.2 Å². The first kappa shape index (κ1) is 18.4. The van der Waals surface area contributed by atoms with Gasteiger partial charge in [-0.25, -0.2) is 0 Å². The van der Waals surface area contributed by atoms with Crippen LogP contribution >= 0.6 is 0 Å². The first-order valence-electron chi connectivity index (χ1n) is 9.91. The van der Waals surface area contributed by atoms with Crippen LogP contribution in [0.4, 0.5) is 0 Å². The van der Waals surface area contributed by atoms with E-state index in [1.54, 1.807) is 14.2 Å². The van der Waals surface area contributed by atoms with Crippen LogP contribution in [0.5, 0.6) is 11.5 Å². The molecule has 28 heavy (non-hydrogen) atoms.